The van der Waals surface area contributed by atoms with Gasteiger partial charge in [-0.2, -0.15) is 0 Å². The van der Waals surface area contributed by atoms with E-state index in [1.807, 2.05) is 41.8 Å². The molecule has 132 valence electrons. The predicted molar refractivity (Wildman–Crippen MR) is 98.5 cm³/mol. The Labute approximate surface area is 149 Å². The zero-order valence-corrected chi connectivity index (χ0v) is 14.3. The molecule has 6 nitrogen and oxygen atoms in total. The van der Waals surface area contributed by atoms with Crippen LogP contribution in [0.5, 0.6) is 5.75 Å². The summed E-state index contributed by atoms with van der Waals surface area (Å²) in [6.45, 7) is 2.36. The van der Waals surface area contributed by atoms with E-state index in [9.17, 15) is 9.90 Å². The van der Waals surface area contributed by atoms with Crippen LogP contribution in [0.25, 0.3) is 22.0 Å². The molecule has 0 aliphatic rings. The first-order valence-electron chi connectivity index (χ1n) is 8.35. The van der Waals surface area contributed by atoms with Crippen LogP contribution in [0.3, 0.4) is 0 Å². The molecule has 1 N–H and O–H groups in total. The SMILES string of the molecule is Cc1cc(=O)oc2cc(OC[C@H](O)Cn3cnc4ccccc43)ccc12. The largest absolute Gasteiger partial charge is 0.491 e. The Hall–Kier alpha value is -3.12. The number of para-hydroxylation sites is 2. The number of aliphatic hydroxyl groups is 1. The second-order valence-corrected chi connectivity index (χ2v) is 6.26. The van der Waals surface area contributed by atoms with Gasteiger partial charge in [0.2, 0.25) is 0 Å². The van der Waals surface area contributed by atoms with Crippen molar-refractivity contribution < 1.29 is 14.3 Å². The average Bonchev–Trinajstić information content (AvgIpc) is 3.02. The van der Waals surface area contributed by atoms with E-state index in [0.29, 0.717) is 17.9 Å². The fraction of sp³-hybridized carbons (Fsp3) is 0.200. The van der Waals surface area contributed by atoms with Crippen LogP contribution < -0.4 is 10.4 Å². The normalized spacial score (nSPS) is 12.5. The number of aliphatic hydroxyl groups excluding tert-OH is 1. The van der Waals surface area contributed by atoms with Gasteiger partial charge in [0.25, 0.3) is 0 Å². The Balaban J connectivity index is 1.46. The third-order valence-corrected chi connectivity index (χ3v) is 4.30. The maximum Gasteiger partial charge on any atom is 0.336 e. The Morgan fingerprint density at radius 1 is 1.23 bits per heavy atom. The van der Waals surface area contributed by atoms with Crippen molar-refractivity contribution in [2.75, 3.05) is 6.61 Å². The van der Waals surface area contributed by atoms with Gasteiger partial charge in [0.1, 0.15) is 24.0 Å². The van der Waals surface area contributed by atoms with Gasteiger partial charge >= 0.3 is 5.63 Å². The van der Waals surface area contributed by atoms with Crippen LogP contribution in [-0.4, -0.2) is 27.4 Å². The molecule has 0 fully saturated rings. The zero-order valence-electron chi connectivity index (χ0n) is 14.3. The van der Waals surface area contributed by atoms with Crippen LogP contribution >= 0.6 is 0 Å². The highest BCUT2D eigenvalue weighted by Crippen LogP contribution is 2.22. The minimum absolute atomic E-state index is 0.119. The summed E-state index contributed by atoms with van der Waals surface area (Å²) >= 11 is 0. The standard InChI is InChI=1S/C20H18N2O4/c1-13-8-20(24)26-19-9-15(6-7-16(13)19)25-11-14(23)10-22-12-21-17-4-2-3-5-18(17)22/h2-9,12,14,23H,10-11H2,1H3/t14-/m1/s1. The lowest BCUT2D eigenvalue weighted by Crippen LogP contribution is -2.23. The van der Waals surface area contributed by atoms with E-state index < -0.39 is 6.10 Å². The van der Waals surface area contributed by atoms with Crippen LogP contribution in [0.1, 0.15) is 5.56 Å². The smallest absolute Gasteiger partial charge is 0.336 e. The number of imidazole rings is 1. The molecule has 0 bridgehead atoms. The summed E-state index contributed by atoms with van der Waals surface area (Å²) in [6.07, 6.45) is 1.01. The number of fused-ring (bicyclic) bond motifs is 2. The van der Waals surface area contributed by atoms with Gasteiger partial charge in [-0.1, -0.05) is 12.1 Å². The lowest BCUT2D eigenvalue weighted by atomic mass is 10.1. The lowest BCUT2D eigenvalue weighted by Gasteiger charge is -2.14. The molecule has 0 unspecified atom stereocenters. The predicted octanol–water partition coefficient (Wildman–Crippen LogP) is 2.89. The molecule has 0 aliphatic carbocycles. The summed E-state index contributed by atoms with van der Waals surface area (Å²) in [5.41, 5.74) is 2.80. The summed E-state index contributed by atoms with van der Waals surface area (Å²) in [7, 11) is 0. The first-order chi connectivity index (χ1) is 12.6. The molecule has 6 heteroatoms. The molecule has 1 atom stereocenters. The van der Waals surface area contributed by atoms with Gasteiger partial charge in [-0.25, -0.2) is 9.78 Å². The van der Waals surface area contributed by atoms with Crippen molar-refractivity contribution in [3.8, 4) is 5.75 Å². The second kappa shape index (κ2) is 6.65. The van der Waals surface area contributed by atoms with Crippen molar-refractivity contribution >= 4 is 22.0 Å². The number of rotatable bonds is 5. The second-order valence-electron chi connectivity index (χ2n) is 6.26. The van der Waals surface area contributed by atoms with Crippen molar-refractivity contribution in [3.05, 3.63) is 70.8 Å². The molecule has 0 radical (unpaired) electrons. The molecular formula is C20H18N2O4. The number of nitrogens with zero attached hydrogens (tertiary/aromatic N) is 2. The van der Waals surface area contributed by atoms with Crippen molar-refractivity contribution in [2.45, 2.75) is 19.6 Å². The third kappa shape index (κ3) is 3.19. The molecule has 0 saturated carbocycles. The van der Waals surface area contributed by atoms with E-state index in [1.54, 1.807) is 18.5 Å². The van der Waals surface area contributed by atoms with Gasteiger partial charge in [0.15, 0.2) is 0 Å². The molecule has 0 aliphatic heterocycles. The van der Waals surface area contributed by atoms with E-state index in [-0.39, 0.29) is 12.2 Å². The lowest BCUT2D eigenvalue weighted by molar-refractivity contribution is 0.0934. The van der Waals surface area contributed by atoms with Gasteiger partial charge in [-0.15, -0.1) is 0 Å². The molecule has 0 spiro atoms. The first kappa shape index (κ1) is 16.4. The van der Waals surface area contributed by atoms with E-state index >= 15 is 0 Å². The Morgan fingerprint density at radius 2 is 2.08 bits per heavy atom. The van der Waals surface area contributed by atoms with E-state index in [4.69, 9.17) is 9.15 Å². The Bertz CT molecular complexity index is 1130. The van der Waals surface area contributed by atoms with Gasteiger partial charge in [-0.3, -0.25) is 0 Å². The van der Waals surface area contributed by atoms with Gasteiger partial charge < -0.3 is 18.8 Å². The first-order valence-corrected chi connectivity index (χ1v) is 8.35. The molecular weight excluding hydrogens is 332 g/mol. The van der Waals surface area contributed by atoms with E-state index in [1.165, 1.54) is 6.07 Å². The van der Waals surface area contributed by atoms with Crippen molar-refractivity contribution in [1.82, 2.24) is 9.55 Å². The number of aryl methyl sites for hydroxylation is 1. The summed E-state index contributed by atoms with van der Waals surface area (Å²) in [5, 5.41) is 11.2. The topological polar surface area (TPSA) is 77.5 Å². The fourth-order valence-corrected chi connectivity index (χ4v) is 3.02. The highest BCUT2D eigenvalue weighted by Gasteiger charge is 2.10. The Kier molecular flexibility index (Phi) is 4.18. The molecule has 2 aromatic heterocycles. The minimum Gasteiger partial charge on any atom is -0.491 e. The Morgan fingerprint density at radius 3 is 2.96 bits per heavy atom. The number of ether oxygens (including phenoxy) is 1. The zero-order chi connectivity index (χ0) is 18.1. The van der Waals surface area contributed by atoms with Crippen molar-refractivity contribution in [3.63, 3.8) is 0 Å². The maximum atomic E-state index is 11.5. The third-order valence-electron chi connectivity index (χ3n) is 4.30. The monoisotopic (exact) mass is 350 g/mol. The summed E-state index contributed by atoms with van der Waals surface area (Å²) in [6, 6.07) is 14.5. The summed E-state index contributed by atoms with van der Waals surface area (Å²) in [4.78, 5) is 15.8. The summed E-state index contributed by atoms with van der Waals surface area (Å²) < 4.78 is 12.8. The molecule has 0 saturated heterocycles. The molecule has 4 aromatic rings. The summed E-state index contributed by atoms with van der Waals surface area (Å²) in [5.74, 6) is 0.542. The number of benzene rings is 2. The van der Waals surface area contributed by atoms with E-state index in [2.05, 4.69) is 4.98 Å². The number of aromatic nitrogens is 2. The molecule has 0 amide bonds. The molecule has 4 rings (SSSR count). The van der Waals surface area contributed by atoms with Crippen molar-refractivity contribution in [1.29, 1.82) is 0 Å². The van der Waals surface area contributed by atoms with Crippen LogP contribution in [0.2, 0.25) is 0 Å². The van der Waals surface area contributed by atoms with Gasteiger partial charge in [0.05, 0.1) is 23.9 Å². The number of hydrogen-bond acceptors (Lipinski definition) is 5. The molecule has 26 heavy (non-hydrogen) atoms. The quantitative estimate of drug-likeness (QED) is 0.560. The van der Waals surface area contributed by atoms with Gasteiger partial charge in [-0.05, 0) is 36.8 Å². The minimum atomic E-state index is -0.701. The molecule has 2 heterocycles. The van der Waals surface area contributed by atoms with Crippen LogP contribution in [-0.2, 0) is 6.54 Å². The van der Waals surface area contributed by atoms with E-state index in [0.717, 1.165) is 22.0 Å². The average molecular weight is 350 g/mol. The number of hydrogen-bond donors (Lipinski definition) is 1. The highest BCUT2D eigenvalue weighted by molar-refractivity contribution is 5.81. The van der Waals surface area contributed by atoms with Crippen LogP contribution in [0, 0.1) is 6.92 Å². The highest BCUT2D eigenvalue weighted by atomic mass is 16.5. The van der Waals surface area contributed by atoms with Crippen LogP contribution in [0.15, 0.2) is 64.1 Å². The van der Waals surface area contributed by atoms with Crippen LogP contribution in [0.4, 0.5) is 0 Å². The molecule has 2 aromatic carbocycles. The maximum absolute atomic E-state index is 11.5. The van der Waals surface area contributed by atoms with Gasteiger partial charge in [0, 0.05) is 17.5 Å². The van der Waals surface area contributed by atoms with Crippen molar-refractivity contribution in [2.24, 2.45) is 0 Å². The fourth-order valence-electron chi connectivity index (χ4n) is 3.02.